The van der Waals surface area contributed by atoms with Crippen LogP contribution < -0.4 is 5.32 Å². The molecule has 2 amide bonds. The summed E-state index contributed by atoms with van der Waals surface area (Å²) in [6.45, 7) is 8.43. The molecule has 1 N–H and O–H groups in total. The van der Waals surface area contributed by atoms with Gasteiger partial charge in [-0.25, -0.2) is 4.79 Å². The van der Waals surface area contributed by atoms with Crippen molar-refractivity contribution in [1.29, 1.82) is 0 Å². The Hall–Kier alpha value is -2.30. The molecule has 144 valence electrons. The molecular formula is C22H28N2O3. The number of nitrogens with zero attached hydrogens (tertiary/aromatic N) is 1. The number of rotatable bonds is 1. The monoisotopic (exact) mass is 368 g/mol. The first kappa shape index (κ1) is 18.1. The maximum atomic E-state index is 12.8. The van der Waals surface area contributed by atoms with Crippen molar-refractivity contribution in [2.24, 2.45) is 5.92 Å². The van der Waals surface area contributed by atoms with E-state index in [2.05, 4.69) is 24.4 Å². The number of hydrogen-bond donors (Lipinski definition) is 1. The van der Waals surface area contributed by atoms with E-state index in [1.807, 2.05) is 32.9 Å². The highest BCUT2D eigenvalue weighted by molar-refractivity contribution is 6.07. The maximum Gasteiger partial charge on any atom is 0.414 e. The Labute approximate surface area is 160 Å². The first-order valence-electron chi connectivity index (χ1n) is 9.87. The summed E-state index contributed by atoms with van der Waals surface area (Å²) in [6.07, 6.45) is 5.63. The Morgan fingerprint density at radius 1 is 1.30 bits per heavy atom. The molecule has 1 atom stereocenters. The standard InChI is InChI=1S/C22H28N2O3/c1-14-6-9-18(24(13-14)20(26)27-21(2,3)4)15-7-8-17-16(12-15)22(10-5-11-22)19(25)23-17/h7-9,12,14H,5-6,10-11,13H2,1-4H3,(H,23,25). The van der Waals surface area contributed by atoms with Crippen LogP contribution in [-0.4, -0.2) is 29.0 Å². The molecule has 3 aliphatic rings. The second kappa shape index (κ2) is 6.11. The van der Waals surface area contributed by atoms with Gasteiger partial charge in [-0.3, -0.25) is 9.69 Å². The number of ether oxygens (including phenoxy) is 1. The number of carbonyl (C=O) groups excluding carboxylic acids is 2. The summed E-state index contributed by atoms with van der Waals surface area (Å²) >= 11 is 0. The Bertz CT molecular complexity index is 830. The van der Waals surface area contributed by atoms with E-state index < -0.39 is 5.60 Å². The fraction of sp³-hybridized carbons (Fsp3) is 0.545. The summed E-state index contributed by atoms with van der Waals surface area (Å²) < 4.78 is 5.64. The van der Waals surface area contributed by atoms with Crippen molar-refractivity contribution >= 4 is 23.4 Å². The summed E-state index contributed by atoms with van der Waals surface area (Å²) in [5.74, 6) is 0.507. The van der Waals surface area contributed by atoms with Crippen molar-refractivity contribution < 1.29 is 14.3 Å². The van der Waals surface area contributed by atoms with Crippen molar-refractivity contribution in [2.45, 2.75) is 64.4 Å². The number of allylic oxidation sites excluding steroid dienone is 1. The zero-order valence-electron chi connectivity index (χ0n) is 16.6. The van der Waals surface area contributed by atoms with Gasteiger partial charge < -0.3 is 10.1 Å². The minimum absolute atomic E-state index is 0.121. The summed E-state index contributed by atoms with van der Waals surface area (Å²) in [4.78, 5) is 27.1. The third-order valence-electron chi connectivity index (χ3n) is 5.83. The van der Waals surface area contributed by atoms with Gasteiger partial charge in [-0.05, 0) is 69.2 Å². The lowest BCUT2D eigenvalue weighted by Crippen LogP contribution is -2.41. The maximum absolute atomic E-state index is 12.8. The molecular weight excluding hydrogens is 340 g/mol. The highest BCUT2D eigenvalue weighted by Crippen LogP contribution is 2.51. The zero-order valence-corrected chi connectivity index (χ0v) is 16.6. The van der Waals surface area contributed by atoms with Gasteiger partial charge in [0.15, 0.2) is 0 Å². The number of anilines is 1. The van der Waals surface area contributed by atoms with Gasteiger partial charge in [0.25, 0.3) is 0 Å². The van der Waals surface area contributed by atoms with Gasteiger partial charge in [-0.2, -0.15) is 0 Å². The van der Waals surface area contributed by atoms with Crippen LogP contribution in [0.4, 0.5) is 10.5 Å². The number of hydrogen-bond acceptors (Lipinski definition) is 3. The normalized spacial score (nSPS) is 23.4. The van der Waals surface area contributed by atoms with Crippen LogP contribution in [0.15, 0.2) is 24.3 Å². The predicted octanol–water partition coefficient (Wildman–Crippen LogP) is 4.68. The van der Waals surface area contributed by atoms with Gasteiger partial charge >= 0.3 is 6.09 Å². The average molecular weight is 368 g/mol. The Balaban J connectivity index is 1.69. The lowest BCUT2D eigenvalue weighted by Gasteiger charge is -2.37. The minimum Gasteiger partial charge on any atom is -0.443 e. The van der Waals surface area contributed by atoms with Crippen LogP contribution in [0.1, 0.15) is 64.5 Å². The summed E-state index contributed by atoms with van der Waals surface area (Å²) in [6, 6.07) is 6.07. The molecule has 5 heteroatoms. The van der Waals surface area contributed by atoms with Gasteiger partial charge in [0.1, 0.15) is 5.60 Å². The van der Waals surface area contributed by atoms with Crippen LogP contribution in [0.5, 0.6) is 0 Å². The van der Waals surface area contributed by atoms with E-state index in [0.29, 0.717) is 12.5 Å². The first-order valence-corrected chi connectivity index (χ1v) is 9.87. The first-order chi connectivity index (χ1) is 12.7. The molecule has 4 rings (SSSR count). The molecule has 1 aromatic rings. The Kier molecular flexibility index (Phi) is 4.09. The molecule has 2 aliphatic heterocycles. The second-order valence-electron chi connectivity index (χ2n) is 9.17. The topological polar surface area (TPSA) is 58.6 Å². The highest BCUT2D eigenvalue weighted by Gasteiger charge is 2.51. The molecule has 2 heterocycles. The third-order valence-corrected chi connectivity index (χ3v) is 5.83. The highest BCUT2D eigenvalue weighted by atomic mass is 16.6. The summed E-state index contributed by atoms with van der Waals surface area (Å²) in [7, 11) is 0. The minimum atomic E-state index is -0.535. The van der Waals surface area contributed by atoms with Crippen molar-refractivity contribution in [3.63, 3.8) is 0 Å². The number of benzene rings is 1. The van der Waals surface area contributed by atoms with Crippen LogP contribution in [0.3, 0.4) is 0 Å². The second-order valence-corrected chi connectivity index (χ2v) is 9.17. The zero-order chi connectivity index (χ0) is 19.4. The summed E-state index contributed by atoms with van der Waals surface area (Å²) in [5.41, 5.74) is 2.97. The molecule has 27 heavy (non-hydrogen) atoms. The largest absolute Gasteiger partial charge is 0.443 e. The van der Waals surface area contributed by atoms with Crippen LogP contribution >= 0.6 is 0 Å². The number of nitrogens with one attached hydrogen (secondary N) is 1. The molecule has 1 saturated carbocycles. The molecule has 5 nitrogen and oxygen atoms in total. The quantitative estimate of drug-likeness (QED) is 0.783. The molecule has 0 radical (unpaired) electrons. The molecule has 0 aromatic heterocycles. The van der Waals surface area contributed by atoms with Gasteiger partial charge in [0.2, 0.25) is 5.91 Å². The van der Waals surface area contributed by atoms with E-state index in [9.17, 15) is 9.59 Å². The van der Waals surface area contributed by atoms with E-state index in [1.165, 1.54) is 0 Å². The van der Waals surface area contributed by atoms with Gasteiger partial charge in [-0.15, -0.1) is 0 Å². The number of carbonyl (C=O) groups is 2. The molecule has 1 spiro atoms. The van der Waals surface area contributed by atoms with Gasteiger partial charge in [0.05, 0.1) is 11.1 Å². The average Bonchev–Trinajstić information content (AvgIpc) is 2.84. The number of fused-ring (bicyclic) bond motifs is 2. The van der Waals surface area contributed by atoms with E-state index in [0.717, 1.165) is 48.2 Å². The smallest absolute Gasteiger partial charge is 0.414 e. The molecule has 0 bridgehead atoms. The fourth-order valence-electron chi connectivity index (χ4n) is 4.27. The SMILES string of the molecule is CC1CC=C(c2ccc3c(c2)C2(CCC2)C(=O)N3)N(C(=O)OC(C)(C)C)C1. The summed E-state index contributed by atoms with van der Waals surface area (Å²) in [5, 5.41) is 3.03. The van der Waals surface area contributed by atoms with Crippen molar-refractivity contribution in [2.75, 3.05) is 11.9 Å². The molecule has 1 unspecified atom stereocenters. The van der Waals surface area contributed by atoms with Crippen LogP contribution in [0.2, 0.25) is 0 Å². The lowest BCUT2D eigenvalue weighted by molar-refractivity contribution is -0.123. The van der Waals surface area contributed by atoms with Crippen molar-refractivity contribution in [3.8, 4) is 0 Å². The molecule has 0 saturated heterocycles. The molecule has 1 fully saturated rings. The van der Waals surface area contributed by atoms with Crippen LogP contribution in [0, 0.1) is 5.92 Å². The Morgan fingerprint density at radius 3 is 2.67 bits per heavy atom. The van der Waals surface area contributed by atoms with E-state index in [-0.39, 0.29) is 17.4 Å². The van der Waals surface area contributed by atoms with Gasteiger partial charge in [0, 0.05) is 12.2 Å². The molecule has 1 aliphatic carbocycles. The van der Waals surface area contributed by atoms with Crippen LogP contribution in [0.25, 0.3) is 5.70 Å². The van der Waals surface area contributed by atoms with Crippen molar-refractivity contribution in [1.82, 2.24) is 4.90 Å². The molecule has 1 aromatic carbocycles. The third kappa shape index (κ3) is 3.03. The van der Waals surface area contributed by atoms with E-state index >= 15 is 0 Å². The lowest BCUT2D eigenvalue weighted by atomic mass is 9.65. The van der Waals surface area contributed by atoms with E-state index in [4.69, 9.17) is 4.74 Å². The van der Waals surface area contributed by atoms with Gasteiger partial charge in [-0.1, -0.05) is 25.5 Å². The van der Waals surface area contributed by atoms with E-state index in [1.54, 1.807) is 4.90 Å². The van der Waals surface area contributed by atoms with Crippen molar-refractivity contribution in [3.05, 3.63) is 35.4 Å². The fourth-order valence-corrected chi connectivity index (χ4v) is 4.27. The van der Waals surface area contributed by atoms with Crippen LogP contribution in [-0.2, 0) is 14.9 Å². The number of amides is 2. The Morgan fingerprint density at radius 2 is 2.04 bits per heavy atom. The predicted molar refractivity (Wildman–Crippen MR) is 105 cm³/mol.